The summed E-state index contributed by atoms with van der Waals surface area (Å²) in [6.45, 7) is 1.05. The molecule has 148 valence electrons. The highest BCUT2D eigenvalue weighted by Gasteiger charge is 2.52. The molecule has 2 heterocycles. The summed E-state index contributed by atoms with van der Waals surface area (Å²) < 4.78 is 24.4. The number of aliphatic imine (C=N–C) groups is 1. The average molecular weight is 394 g/mol. The zero-order valence-electron chi connectivity index (χ0n) is 15.8. The number of H-pyrrole nitrogens is 1. The van der Waals surface area contributed by atoms with E-state index in [1.54, 1.807) is 6.07 Å². The molecule has 0 bridgehead atoms. The average Bonchev–Trinajstić information content (AvgIpc) is 3.22. The van der Waals surface area contributed by atoms with Crippen molar-refractivity contribution in [2.75, 3.05) is 7.11 Å². The molecule has 3 aromatic rings. The van der Waals surface area contributed by atoms with Gasteiger partial charge in [-0.3, -0.25) is 4.99 Å². The van der Waals surface area contributed by atoms with Crippen LogP contribution in [0.5, 0.6) is 5.88 Å². The van der Waals surface area contributed by atoms with Gasteiger partial charge >= 0.3 is 5.97 Å². The summed E-state index contributed by atoms with van der Waals surface area (Å²) in [5, 5.41) is 11.2. The van der Waals surface area contributed by atoms with E-state index in [4.69, 9.17) is 14.5 Å². The summed E-state index contributed by atoms with van der Waals surface area (Å²) in [7, 11) is 1.34. The number of carbonyl (C=O) groups excluding carboxylic acids is 1. The third kappa shape index (κ3) is 2.89. The van der Waals surface area contributed by atoms with E-state index in [1.807, 2.05) is 18.2 Å². The Morgan fingerprint density at radius 3 is 2.76 bits per heavy atom. The maximum Gasteiger partial charge on any atom is 0.333 e. The van der Waals surface area contributed by atoms with Crippen LogP contribution < -0.4 is 0 Å². The normalized spacial score (nSPS) is 17.4. The van der Waals surface area contributed by atoms with Crippen LogP contribution >= 0.6 is 0 Å². The predicted molar refractivity (Wildman–Crippen MR) is 104 cm³/mol. The predicted octanol–water partition coefficient (Wildman–Crippen LogP) is 3.59. The number of nitrogens with one attached hydrogen (secondary N) is 1. The minimum atomic E-state index is -0.969. The van der Waals surface area contributed by atoms with Crippen molar-refractivity contribution in [2.24, 2.45) is 4.99 Å². The van der Waals surface area contributed by atoms with Crippen LogP contribution in [0.15, 0.2) is 41.4 Å². The van der Waals surface area contributed by atoms with Gasteiger partial charge < -0.3 is 19.6 Å². The van der Waals surface area contributed by atoms with E-state index in [9.17, 15) is 14.3 Å². The number of aromatic hydroxyl groups is 1. The van der Waals surface area contributed by atoms with E-state index in [0.29, 0.717) is 48.2 Å². The van der Waals surface area contributed by atoms with Crippen molar-refractivity contribution < 1.29 is 23.8 Å². The van der Waals surface area contributed by atoms with Gasteiger partial charge in [-0.25, -0.2) is 9.18 Å². The zero-order valence-corrected chi connectivity index (χ0v) is 15.8. The second-order valence-corrected chi connectivity index (χ2v) is 7.50. The summed E-state index contributed by atoms with van der Waals surface area (Å²) in [5.74, 6) is -0.958. The van der Waals surface area contributed by atoms with Gasteiger partial charge in [-0.1, -0.05) is 12.1 Å². The Labute approximate surface area is 166 Å². The highest BCUT2D eigenvalue weighted by Crippen LogP contribution is 2.43. The van der Waals surface area contributed by atoms with E-state index in [2.05, 4.69) is 4.98 Å². The molecule has 5 rings (SSSR count). The highest BCUT2D eigenvalue weighted by atomic mass is 19.1. The van der Waals surface area contributed by atoms with E-state index in [1.165, 1.54) is 19.2 Å². The number of benzene rings is 2. The van der Waals surface area contributed by atoms with Gasteiger partial charge in [0.2, 0.25) is 0 Å². The van der Waals surface area contributed by atoms with Crippen LogP contribution in [0.1, 0.15) is 35.1 Å². The summed E-state index contributed by atoms with van der Waals surface area (Å²) in [5.41, 5.74) is 3.26. The number of carbonyl (C=O) groups is 1. The SMILES string of the molecule is COC(=O)C1(N=C(c2ccc3c(c2)COC3)c2c(O)[nH]c3ccc(F)cc23)CC1. The Hall–Kier alpha value is -3.19. The van der Waals surface area contributed by atoms with Crippen LogP contribution in [0, 0.1) is 5.82 Å². The third-order valence-electron chi connectivity index (χ3n) is 5.59. The Morgan fingerprint density at radius 2 is 2.00 bits per heavy atom. The first-order chi connectivity index (χ1) is 14.0. The van der Waals surface area contributed by atoms with E-state index >= 15 is 0 Å². The van der Waals surface area contributed by atoms with Crippen molar-refractivity contribution in [3.8, 4) is 5.88 Å². The maximum absolute atomic E-state index is 14.0. The molecule has 0 amide bonds. The summed E-state index contributed by atoms with van der Waals surface area (Å²) >= 11 is 0. The molecule has 1 saturated carbocycles. The number of esters is 1. The molecule has 29 heavy (non-hydrogen) atoms. The molecule has 1 aliphatic carbocycles. The molecule has 1 aromatic heterocycles. The highest BCUT2D eigenvalue weighted by molar-refractivity contribution is 6.22. The van der Waals surface area contributed by atoms with Crippen molar-refractivity contribution in [3.05, 3.63) is 64.5 Å². The molecule has 7 heteroatoms. The molecular weight excluding hydrogens is 375 g/mol. The lowest BCUT2D eigenvalue weighted by Gasteiger charge is -2.14. The standard InChI is InChI=1S/C22H19FN2O4/c1-28-21(27)22(6-7-22)25-19(12-2-3-13-10-29-11-14(13)8-12)18-16-9-15(23)4-5-17(16)24-20(18)26/h2-5,8-9,24,26H,6-7,10-11H2,1H3. The lowest BCUT2D eigenvalue weighted by molar-refractivity contribution is -0.143. The molecule has 0 atom stereocenters. The molecule has 0 spiro atoms. The van der Waals surface area contributed by atoms with Crippen LogP contribution in [0.3, 0.4) is 0 Å². The topological polar surface area (TPSA) is 83.9 Å². The molecule has 0 unspecified atom stereocenters. The fourth-order valence-electron chi connectivity index (χ4n) is 3.86. The molecule has 2 aliphatic rings. The van der Waals surface area contributed by atoms with Gasteiger partial charge in [0.25, 0.3) is 0 Å². The van der Waals surface area contributed by atoms with Gasteiger partial charge in [0.15, 0.2) is 11.4 Å². The van der Waals surface area contributed by atoms with Gasteiger partial charge in [-0.15, -0.1) is 0 Å². The monoisotopic (exact) mass is 394 g/mol. The zero-order chi connectivity index (χ0) is 20.2. The van der Waals surface area contributed by atoms with Gasteiger partial charge in [0.05, 0.1) is 31.6 Å². The first-order valence-electron chi connectivity index (χ1n) is 9.39. The number of fused-ring (bicyclic) bond motifs is 2. The lowest BCUT2D eigenvalue weighted by atomic mass is 9.97. The summed E-state index contributed by atoms with van der Waals surface area (Å²) in [4.78, 5) is 20.0. The summed E-state index contributed by atoms with van der Waals surface area (Å²) in [6, 6.07) is 10.0. The first-order valence-corrected chi connectivity index (χ1v) is 9.39. The molecule has 1 aliphatic heterocycles. The molecule has 2 N–H and O–H groups in total. The fraction of sp³-hybridized carbons (Fsp3) is 0.273. The van der Waals surface area contributed by atoms with E-state index < -0.39 is 17.3 Å². The number of aromatic amines is 1. The molecule has 2 aromatic carbocycles. The minimum Gasteiger partial charge on any atom is -0.494 e. The Balaban J connectivity index is 1.75. The summed E-state index contributed by atoms with van der Waals surface area (Å²) in [6.07, 6.45) is 1.13. The number of aromatic nitrogens is 1. The van der Waals surface area contributed by atoms with Crippen molar-refractivity contribution in [2.45, 2.75) is 31.6 Å². The second-order valence-electron chi connectivity index (χ2n) is 7.50. The Morgan fingerprint density at radius 1 is 1.21 bits per heavy atom. The number of hydrogen-bond donors (Lipinski definition) is 2. The Kier molecular flexibility index (Phi) is 3.96. The minimum absolute atomic E-state index is 0.123. The van der Waals surface area contributed by atoms with Crippen LogP contribution in [0.2, 0.25) is 0 Å². The van der Waals surface area contributed by atoms with Crippen molar-refractivity contribution >= 4 is 22.6 Å². The van der Waals surface area contributed by atoms with Gasteiger partial charge in [0, 0.05) is 16.5 Å². The van der Waals surface area contributed by atoms with Crippen molar-refractivity contribution in [1.82, 2.24) is 4.98 Å². The van der Waals surface area contributed by atoms with Crippen LogP contribution in [0.4, 0.5) is 4.39 Å². The third-order valence-corrected chi connectivity index (χ3v) is 5.59. The number of nitrogens with zero attached hydrogens (tertiary/aromatic N) is 1. The number of ether oxygens (including phenoxy) is 2. The number of methoxy groups -OCH3 is 1. The molecule has 0 saturated heterocycles. The van der Waals surface area contributed by atoms with E-state index in [-0.39, 0.29) is 5.88 Å². The maximum atomic E-state index is 14.0. The second kappa shape index (κ2) is 6.42. The lowest BCUT2D eigenvalue weighted by Crippen LogP contribution is -2.24. The van der Waals surface area contributed by atoms with Crippen LogP contribution in [0.25, 0.3) is 10.9 Å². The van der Waals surface area contributed by atoms with Crippen molar-refractivity contribution in [3.63, 3.8) is 0 Å². The smallest absolute Gasteiger partial charge is 0.333 e. The van der Waals surface area contributed by atoms with Gasteiger partial charge in [0.1, 0.15) is 5.82 Å². The number of rotatable bonds is 4. The van der Waals surface area contributed by atoms with E-state index in [0.717, 1.165) is 16.7 Å². The van der Waals surface area contributed by atoms with Gasteiger partial charge in [-0.2, -0.15) is 0 Å². The quantitative estimate of drug-likeness (QED) is 0.523. The van der Waals surface area contributed by atoms with Crippen molar-refractivity contribution in [1.29, 1.82) is 0 Å². The number of halogens is 1. The molecule has 1 fully saturated rings. The Bertz CT molecular complexity index is 1180. The van der Waals surface area contributed by atoms with Gasteiger partial charge in [-0.05, 0) is 48.2 Å². The van der Waals surface area contributed by atoms with Crippen LogP contribution in [-0.2, 0) is 27.5 Å². The fourth-order valence-corrected chi connectivity index (χ4v) is 3.86. The molecule has 6 nitrogen and oxygen atoms in total. The molecule has 0 radical (unpaired) electrons. The molecular formula is C22H19FN2O4. The first kappa shape index (κ1) is 17.9. The largest absolute Gasteiger partial charge is 0.494 e. The number of hydrogen-bond acceptors (Lipinski definition) is 5. The van der Waals surface area contributed by atoms with Crippen LogP contribution in [-0.4, -0.2) is 34.4 Å².